The Bertz CT molecular complexity index is 2490. The molecular weight excluding hydrogens is 581 g/mol. The molecule has 7 atom stereocenters. The number of nitriles is 1. The first kappa shape index (κ1) is 26.1. The van der Waals surface area contributed by atoms with Gasteiger partial charge in [-0.1, -0.05) is 36.4 Å². The van der Waals surface area contributed by atoms with Crippen LogP contribution in [0.1, 0.15) is 127 Å². The SMILES string of the molecule is Cc1cc2c(c3c4cc(-c5ccccc5)cc5c6c7c(c(C#N)c(C)c6n(c13)c45)C1CC3CC4CC7CC34C1)C1CC3CC(CC2C3)C1. The lowest BCUT2D eigenvalue weighted by molar-refractivity contribution is 0.00322. The topological polar surface area (TPSA) is 28.2 Å². The van der Waals surface area contributed by atoms with Crippen LogP contribution in [0.4, 0.5) is 0 Å². The molecule has 2 heteroatoms. The normalized spacial score (nSPS) is 34.9. The number of aromatic nitrogens is 1. The molecule has 6 aromatic rings. The third kappa shape index (κ3) is 2.79. The summed E-state index contributed by atoms with van der Waals surface area (Å²) in [4.78, 5) is 0. The average molecular weight is 623 g/mol. The van der Waals surface area contributed by atoms with Gasteiger partial charge < -0.3 is 4.40 Å². The molecule has 5 fully saturated rings. The molecule has 0 amide bonds. The molecule has 7 bridgehead atoms. The van der Waals surface area contributed by atoms with Crippen molar-refractivity contribution in [3.63, 3.8) is 0 Å². The third-order valence-corrected chi connectivity index (χ3v) is 16.3. The van der Waals surface area contributed by atoms with Crippen molar-refractivity contribution in [3.05, 3.63) is 87.5 Å². The van der Waals surface area contributed by atoms with Crippen molar-refractivity contribution in [2.75, 3.05) is 0 Å². The zero-order valence-corrected chi connectivity index (χ0v) is 28.2. The number of fused-ring (bicyclic) bond motifs is 12. The summed E-state index contributed by atoms with van der Waals surface area (Å²) in [5.74, 6) is 6.18. The minimum absolute atomic E-state index is 0.562. The Balaban J connectivity index is 1.25. The van der Waals surface area contributed by atoms with Crippen LogP contribution in [0, 0.1) is 54.3 Å². The third-order valence-electron chi connectivity index (χ3n) is 16.3. The first-order chi connectivity index (χ1) is 23.5. The average Bonchev–Trinajstić information content (AvgIpc) is 3.73. The van der Waals surface area contributed by atoms with Crippen LogP contribution >= 0.6 is 0 Å². The first-order valence-corrected chi connectivity index (χ1v) is 19.3. The highest BCUT2D eigenvalue weighted by Crippen LogP contribution is 2.77. The second kappa shape index (κ2) is 8.30. The summed E-state index contributed by atoms with van der Waals surface area (Å²) in [5.41, 5.74) is 17.7. The predicted molar refractivity (Wildman–Crippen MR) is 194 cm³/mol. The molecule has 2 nitrogen and oxygen atoms in total. The maximum Gasteiger partial charge on any atom is 0.0998 e. The van der Waals surface area contributed by atoms with E-state index in [1.807, 2.05) is 0 Å². The zero-order chi connectivity index (χ0) is 31.4. The summed E-state index contributed by atoms with van der Waals surface area (Å²) in [5, 5.41) is 17.1. The van der Waals surface area contributed by atoms with Crippen LogP contribution in [0.2, 0.25) is 0 Å². The van der Waals surface area contributed by atoms with Gasteiger partial charge in [-0.2, -0.15) is 5.26 Å². The Kier molecular flexibility index (Phi) is 4.51. The minimum Gasteiger partial charge on any atom is -0.307 e. The standard InChI is InChI=1S/C46H42N2/c1-22-8-34-28-10-24-9-25(11-28)13-29(12-24)38(34)41-35-16-27(26-6-4-3-5-7-26)17-36-42-40-31-15-33-18-32-14-30(19-46(32,33)20-31)39(40)37(21-47)23(2)44(42)48(43(22)41)45(35)36/h3-8,16-17,24-25,28-33H,9-15,18-20H2,1-2H3. The molecule has 0 saturated heterocycles. The van der Waals surface area contributed by atoms with Crippen molar-refractivity contribution in [2.45, 2.75) is 102 Å². The predicted octanol–water partition coefficient (Wildman–Crippen LogP) is 11.8. The van der Waals surface area contributed by atoms with Crippen LogP contribution < -0.4 is 0 Å². The van der Waals surface area contributed by atoms with Gasteiger partial charge >= 0.3 is 0 Å². The molecule has 0 aliphatic heterocycles. The summed E-state index contributed by atoms with van der Waals surface area (Å²) in [6.07, 6.45) is 13.8. The largest absolute Gasteiger partial charge is 0.307 e. The van der Waals surface area contributed by atoms with E-state index in [2.05, 4.69) is 72.8 Å². The van der Waals surface area contributed by atoms with Gasteiger partial charge in [-0.3, -0.25) is 0 Å². The Morgan fingerprint density at radius 2 is 1.31 bits per heavy atom. The number of hydrogen-bond acceptors (Lipinski definition) is 1. The van der Waals surface area contributed by atoms with Gasteiger partial charge in [0.05, 0.1) is 28.2 Å². The maximum atomic E-state index is 11.1. The number of nitrogens with zero attached hydrogens (tertiary/aromatic N) is 2. The molecule has 236 valence electrons. The fourth-order valence-corrected chi connectivity index (χ4v) is 15.0. The minimum atomic E-state index is 0.562. The lowest BCUT2D eigenvalue weighted by Gasteiger charge is -2.48. The summed E-state index contributed by atoms with van der Waals surface area (Å²) in [7, 11) is 0. The van der Waals surface area contributed by atoms with E-state index in [1.54, 1.807) is 22.1 Å². The molecule has 8 aliphatic carbocycles. The maximum absolute atomic E-state index is 11.1. The summed E-state index contributed by atoms with van der Waals surface area (Å²) in [6, 6.07) is 21.9. The van der Waals surface area contributed by atoms with Crippen LogP contribution in [0.15, 0.2) is 48.5 Å². The van der Waals surface area contributed by atoms with Crippen LogP contribution in [-0.4, -0.2) is 4.40 Å². The molecule has 48 heavy (non-hydrogen) atoms. The van der Waals surface area contributed by atoms with E-state index >= 15 is 0 Å². The molecule has 2 aromatic heterocycles. The lowest BCUT2D eigenvalue weighted by Crippen LogP contribution is -2.41. The van der Waals surface area contributed by atoms with Gasteiger partial charge in [0.15, 0.2) is 0 Å². The number of hydrogen-bond donors (Lipinski definition) is 0. The van der Waals surface area contributed by atoms with E-state index in [1.165, 1.54) is 125 Å². The van der Waals surface area contributed by atoms with E-state index in [-0.39, 0.29) is 0 Å². The second-order valence-electron chi connectivity index (χ2n) is 18.1. The Morgan fingerprint density at radius 3 is 2.02 bits per heavy atom. The highest BCUT2D eigenvalue weighted by molar-refractivity contribution is 6.27. The molecule has 0 N–H and O–H groups in total. The van der Waals surface area contributed by atoms with Gasteiger partial charge in [-0.05, 0) is 187 Å². The highest BCUT2D eigenvalue weighted by atomic mass is 14.9. The quantitative estimate of drug-likeness (QED) is 0.179. The van der Waals surface area contributed by atoms with Gasteiger partial charge in [0.1, 0.15) is 0 Å². The Hall–Kier alpha value is -3.83. The molecule has 0 radical (unpaired) electrons. The van der Waals surface area contributed by atoms with E-state index in [4.69, 9.17) is 0 Å². The monoisotopic (exact) mass is 622 g/mol. The Labute approximate surface area is 282 Å². The first-order valence-electron chi connectivity index (χ1n) is 19.3. The van der Waals surface area contributed by atoms with Crippen molar-refractivity contribution in [3.8, 4) is 17.2 Å². The van der Waals surface area contributed by atoms with Crippen molar-refractivity contribution in [1.82, 2.24) is 4.40 Å². The summed E-state index contributed by atoms with van der Waals surface area (Å²) in [6.45, 7) is 4.72. The van der Waals surface area contributed by atoms with Crippen LogP contribution in [0.3, 0.4) is 0 Å². The van der Waals surface area contributed by atoms with E-state index in [0.29, 0.717) is 23.2 Å². The van der Waals surface area contributed by atoms with Gasteiger partial charge in [-0.15, -0.1) is 0 Å². The summed E-state index contributed by atoms with van der Waals surface area (Å²) < 4.78 is 2.72. The van der Waals surface area contributed by atoms with Gasteiger partial charge in [0.25, 0.3) is 0 Å². The number of rotatable bonds is 1. The number of aryl methyl sites for hydroxylation is 2. The molecule has 8 aliphatic rings. The highest BCUT2D eigenvalue weighted by Gasteiger charge is 2.66. The van der Waals surface area contributed by atoms with Crippen molar-refractivity contribution >= 4 is 38.1 Å². The van der Waals surface area contributed by atoms with E-state index in [0.717, 1.165) is 35.2 Å². The van der Waals surface area contributed by atoms with Crippen molar-refractivity contribution in [1.29, 1.82) is 5.26 Å². The summed E-state index contributed by atoms with van der Waals surface area (Å²) >= 11 is 0. The smallest absolute Gasteiger partial charge is 0.0998 e. The molecule has 7 unspecified atom stereocenters. The van der Waals surface area contributed by atoms with Gasteiger partial charge in [-0.25, -0.2) is 0 Å². The van der Waals surface area contributed by atoms with Crippen LogP contribution in [0.25, 0.3) is 49.2 Å². The van der Waals surface area contributed by atoms with Gasteiger partial charge in [0.2, 0.25) is 0 Å². The molecule has 5 saturated carbocycles. The zero-order valence-electron chi connectivity index (χ0n) is 28.2. The second-order valence-corrected chi connectivity index (χ2v) is 18.1. The molecule has 14 rings (SSSR count). The van der Waals surface area contributed by atoms with Gasteiger partial charge in [0, 0.05) is 21.5 Å². The Morgan fingerprint density at radius 1 is 0.646 bits per heavy atom. The number of benzene rings is 4. The van der Waals surface area contributed by atoms with Crippen LogP contribution in [0.5, 0.6) is 0 Å². The molecule has 4 aromatic carbocycles. The van der Waals surface area contributed by atoms with Crippen LogP contribution in [-0.2, 0) is 0 Å². The fourth-order valence-electron chi connectivity index (χ4n) is 15.0. The van der Waals surface area contributed by atoms with Crippen molar-refractivity contribution in [2.24, 2.45) is 29.1 Å². The van der Waals surface area contributed by atoms with E-state index < -0.39 is 0 Å². The lowest BCUT2D eigenvalue weighted by atomic mass is 9.56. The van der Waals surface area contributed by atoms with E-state index in [9.17, 15) is 5.26 Å². The molecule has 1 spiro atoms. The molecule has 2 heterocycles. The molecular formula is C46H42N2. The fraction of sp³-hybridized carbons (Fsp3) is 0.457. The van der Waals surface area contributed by atoms with Crippen molar-refractivity contribution < 1.29 is 0 Å².